The van der Waals surface area contributed by atoms with E-state index in [-0.39, 0.29) is 5.91 Å². The van der Waals surface area contributed by atoms with Gasteiger partial charge in [-0.1, -0.05) is 31.4 Å². The third-order valence-electron chi connectivity index (χ3n) is 5.09. The number of nitrogens with one attached hydrogen (secondary N) is 2. The number of H-pyrrole nitrogens is 1. The summed E-state index contributed by atoms with van der Waals surface area (Å²) in [6.07, 6.45) is 9.02. The maximum Gasteiger partial charge on any atom is 0.224 e. The molecule has 3 rings (SSSR count). The van der Waals surface area contributed by atoms with Gasteiger partial charge in [0, 0.05) is 35.2 Å². The van der Waals surface area contributed by atoms with Crippen LogP contribution in [0.2, 0.25) is 0 Å². The smallest absolute Gasteiger partial charge is 0.224 e. The second kappa shape index (κ2) is 8.17. The van der Waals surface area contributed by atoms with Crippen molar-refractivity contribution >= 4 is 32.7 Å². The van der Waals surface area contributed by atoms with Crippen LogP contribution in [0.15, 0.2) is 28.9 Å². The van der Waals surface area contributed by atoms with E-state index < -0.39 is 0 Å². The van der Waals surface area contributed by atoms with Gasteiger partial charge in [0.05, 0.1) is 11.9 Å². The topological polar surface area (TPSA) is 48.1 Å². The maximum absolute atomic E-state index is 12.2. The number of hydrogen-bond acceptors (Lipinski definition) is 2. The lowest BCUT2D eigenvalue weighted by Crippen LogP contribution is -2.39. The zero-order valence-corrected chi connectivity index (χ0v) is 15.9. The Morgan fingerprint density at radius 3 is 2.92 bits per heavy atom. The van der Waals surface area contributed by atoms with E-state index in [2.05, 4.69) is 44.2 Å². The molecule has 0 unspecified atom stereocenters. The number of para-hydroxylation sites is 1. The van der Waals surface area contributed by atoms with Crippen molar-refractivity contribution in [1.82, 2.24) is 15.2 Å². The summed E-state index contributed by atoms with van der Waals surface area (Å²) >= 11 is 3.53. The molecule has 1 fully saturated rings. The predicted octanol–water partition coefficient (Wildman–Crippen LogP) is 3.85. The third kappa shape index (κ3) is 4.19. The molecule has 130 valence electrons. The molecule has 2 aromatic rings. The molecule has 1 aromatic carbocycles. The first kappa shape index (κ1) is 17.5. The maximum atomic E-state index is 12.2. The minimum absolute atomic E-state index is 0.0907. The molecule has 0 saturated heterocycles. The van der Waals surface area contributed by atoms with Crippen molar-refractivity contribution in [2.75, 3.05) is 20.1 Å². The number of aromatic nitrogens is 1. The molecule has 0 bridgehead atoms. The molecule has 0 atom stereocenters. The highest BCUT2D eigenvalue weighted by Crippen LogP contribution is 2.25. The first-order chi connectivity index (χ1) is 11.6. The van der Waals surface area contributed by atoms with Gasteiger partial charge in [-0.2, -0.15) is 0 Å². The van der Waals surface area contributed by atoms with Crippen molar-refractivity contribution in [3.63, 3.8) is 0 Å². The van der Waals surface area contributed by atoms with E-state index in [1.54, 1.807) is 0 Å². The highest BCUT2D eigenvalue weighted by atomic mass is 79.9. The largest absolute Gasteiger partial charge is 0.360 e. The SMILES string of the molecule is CN(CCNC(=O)Cc1c[nH]c2c(Br)cccc12)C1CCCCC1. The molecule has 1 aliphatic rings. The van der Waals surface area contributed by atoms with E-state index in [0.717, 1.165) is 34.0 Å². The van der Waals surface area contributed by atoms with Crippen LogP contribution in [0.25, 0.3) is 10.9 Å². The van der Waals surface area contributed by atoms with Crippen LogP contribution in [0, 0.1) is 0 Å². The van der Waals surface area contributed by atoms with Crippen LogP contribution in [-0.2, 0) is 11.2 Å². The fourth-order valence-corrected chi connectivity index (χ4v) is 4.11. The molecule has 0 radical (unpaired) electrons. The zero-order chi connectivity index (χ0) is 16.9. The second-order valence-electron chi connectivity index (χ2n) is 6.78. The van der Waals surface area contributed by atoms with Gasteiger partial charge in [-0.05, 0) is 47.4 Å². The fraction of sp³-hybridized carbons (Fsp3) is 0.526. The number of carbonyl (C=O) groups is 1. The van der Waals surface area contributed by atoms with Gasteiger partial charge in [0.25, 0.3) is 0 Å². The van der Waals surface area contributed by atoms with Crippen molar-refractivity contribution < 1.29 is 4.79 Å². The number of halogens is 1. The number of rotatable bonds is 6. The number of fused-ring (bicyclic) bond motifs is 1. The summed E-state index contributed by atoms with van der Waals surface area (Å²) in [5.41, 5.74) is 2.10. The first-order valence-corrected chi connectivity index (χ1v) is 9.66. The molecule has 1 aliphatic carbocycles. The van der Waals surface area contributed by atoms with E-state index in [1.165, 1.54) is 32.1 Å². The van der Waals surface area contributed by atoms with Gasteiger partial charge in [-0.15, -0.1) is 0 Å². The summed E-state index contributed by atoms with van der Waals surface area (Å²) in [5.74, 6) is 0.0907. The summed E-state index contributed by atoms with van der Waals surface area (Å²) < 4.78 is 1.03. The number of benzene rings is 1. The fourth-order valence-electron chi connectivity index (χ4n) is 3.63. The van der Waals surface area contributed by atoms with Gasteiger partial charge < -0.3 is 15.2 Å². The number of likely N-dealkylation sites (N-methyl/N-ethyl adjacent to an activating group) is 1. The second-order valence-corrected chi connectivity index (χ2v) is 7.63. The zero-order valence-electron chi connectivity index (χ0n) is 14.3. The van der Waals surface area contributed by atoms with Crippen LogP contribution in [0.3, 0.4) is 0 Å². The van der Waals surface area contributed by atoms with Crippen molar-refractivity contribution in [3.05, 3.63) is 34.4 Å². The summed E-state index contributed by atoms with van der Waals surface area (Å²) in [7, 11) is 2.18. The van der Waals surface area contributed by atoms with Crippen LogP contribution in [0.1, 0.15) is 37.7 Å². The molecule has 5 heteroatoms. The molecule has 0 aliphatic heterocycles. The lowest BCUT2D eigenvalue weighted by molar-refractivity contribution is -0.120. The number of aromatic amines is 1. The predicted molar refractivity (Wildman–Crippen MR) is 102 cm³/mol. The molecule has 24 heavy (non-hydrogen) atoms. The Kier molecular flexibility index (Phi) is 5.95. The van der Waals surface area contributed by atoms with Gasteiger partial charge >= 0.3 is 0 Å². The van der Waals surface area contributed by atoms with Crippen LogP contribution < -0.4 is 5.32 Å². The van der Waals surface area contributed by atoms with Crippen molar-refractivity contribution in [2.24, 2.45) is 0 Å². The Bertz CT molecular complexity index is 691. The number of amides is 1. The lowest BCUT2D eigenvalue weighted by Gasteiger charge is -2.31. The van der Waals surface area contributed by atoms with Gasteiger partial charge in [0.2, 0.25) is 5.91 Å². The van der Waals surface area contributed by atoms with E-state index in [4.69, 9.17) is 0 Å². The highest BCUT2D eigenvalue weighted by molar-refractivity contribution is 9.10. The monoisotopic (exact) mass is 391 g/mol. The first-order valence-electron chi connectivity index (χ1n) is 8.86. The minimum Gasteiger partial charge on any atom is -0.360 e. The van der Waals surface area contributed by atoms with Crippen LogP contribution in [-0.4, -0.2) is 42.0 Å². The molecule has 4 nitrogen and oxygen atoms in total. The summed E-state index contributed by atoms with van der Waals surface area (Å²) in [6.45, 7) is 1.65. The molecule has 2 N–H and O–H groups in total. The Balaban J connectivity index is 1.47. The summed E-state index contributed by atoms with van der Waals surface area (Å²) in [6, 6.07) is 6.75. The molecule has 1 saturated carbocycles. The quantitative estimate of drug-likeness (QED) is 0.785. The molecule has 1 heterocycles. The molecule has 1 amide bonds. The molecule has 1 aromatic heterocycles. The van der Waals surface area contributed by atoms with Gasteiger partial charge in [0.15, 0.2) is 0 Å². The molecular weight excluding hydrogens is 366 g/mol. The Morgan fingerprint density at radius 1 is 1.33 bits per heavy atom. The summed E-state index contributed by atoms with van der Waals surface area (Å²) in [5, 5.41) is 4.17. The number of nitrogens with zero attached hydrogens (tertiary/aromatic N) is 1. The summed E-state index contributed by atoms with van der Waals surface area (Å²) in [4.78, 5) is 17.9. The van der Waals surface area contributed by atoms with Gasteiger partial charge in [-0.3, -0.25) is 4.79 Å². The Labute approximate surface area is 152 Å². The van der Waals surface area contributed by atoms with Crippen LogP contribution in [0.5, 0.6) is 0 Å². The van der Waals surface area contributed by atoms with Crippen molar-refractivity contribution in [3.8, 4) is 0 Å². The van der Waals surface area contributed by atoms with Crippen LogP contribution >= 0.6 is 15.9 Å². The Morgan fingerprint density at radius 2 is 2.12 bits per heavy atom. The number of hydrogen-bond donors (Lipinski definition) is 2. The molecular formula is C19H26BrN3O. The van der Waals surface area contributed by atoms with E-state index in [0.29, 0.717) is 12.5 Å². The average Bonchev–Trinajstić information content (AvgIpc) is 3.00. The van der Waals surface area contributed by atoms with Crippen molar-refractivity contribution in [1.29, 1.82) is 0 Å². The van der Waals surface area contributed by atoms with Gasteiger partial charge in [0.1, 0.15) is 0 Å². The highest BCUT2D eigenvalue weighted by Gasteiger charge is 2.17. The standard InChI is InChI=1S/C19H26BrN3O/c1-23(15-6-3-2-4-7-15)11-10-21-18(24)12-14-13-22-19-16(14)8-5-9-17(19)20/h5,8-9,13,15,22H,2-4,6-7,10-12H2,1H3,(H,21,24). The third-order valence-corrected chi connectivity index (χ3v) is 5.75. The normalized spacial score (nSPS) is 16.0. The van der Waals surface area contributed by atoms with Gasteiger partial charge in [-0.25, -0.2) is 0 Å². The van der Waals surface area contributed by atoms with E-state index in [9.17, 15) is 4.79 Å². The molecule has 0 spiro atoms. The van der Waals surface area contributed by atoms with E-state index in [1.807, 2.05) is 18.3 Å². The van der Waals surface area contributed by atoms with Crippen LogP contribution in [0.4, 0.5) is 0 Å². The average molecular weight is 392 g/mol. The Hall–Kier alpha value is -1.33. The van der Waals surface area contributed by atoms with E-state index >= 15 is 0 Å². The van der Waals surface area contributed by atoms with Crippen molar-refractivity contribution in [2.45, 2.75) is 44.6 Å². The minimum atomic E-state index is 0.0907. The number of carbonyl (C=O) groups excluding carboxylic acids is 1. The lowest BCUT2D eigenvalue weighted by atomic mass is 9.94.